The van der Waals surface area contributed by atoms with Crippen LogP contribution < -0.4 is 15.4 Å². The predicted molar refractivity (Wildman–Crippen MR) is 108 cm³/mol. The molecule has 2 rings (SSSR count). The molecule has 2 aromatic rings. The molecule has 0 aliphatic heterocycles. The molecule has 2 heterocycles. The molecule has 0 radical (unpaired) electrons. The quantitative estimate of drug-likeness (QED) is 0.564. The van der Waals surface area contributed by atoms with Crippen LogP contribution in [0.15, 0.2) is 18.2 Å². The molecule has 0 bridgehead atoms. The molecule has 0 saturated heterocycles. The van der Waals surface area contributed by atoms with E-state index in [-0.39, 0.29) is 17.5 Å². The number of nitrogens with one attached hydrogen (secondary N) is 2. The smallest absolute Gasteiger partial charge is 0.456 e. The van der Waals surface area contributed by atoms with Crippen molar-refractivity contribution in [1.29, 1.82) is 0 Å². The van der Waals surface area contributed by atoms with Gasteiger partial charge in [0.05, 0.1) is 6.04 Å². The Labute approximate surface area is 186 Å². The van der Waals surface area contributed by atoms with Crippen molar-refractivity contribution in [1.82, 2.24) is 20.1 Å². The fraction of sp³-hybridized carbons (Fsp3) is 0.500. The Morgan fingerprint density at radius 2 is 1.76 bits per heavy atom. The third-order valence-electron chi connectivity index (χ3n) is 4.48. The summed E-state index contributed by atoms with van der Waals surface area (Å²) in [7, 11) is 1.23. The molecule has 1 atom stereocenters. The average Bonchev–Trinajstić information content (AvgIpc) is 3.05. The van der Waals surface area contributed by atoms with Crippen molar-refractivity contribution in [2.24, 2.45) is 13.0 Å². The largest absolute Gasteiger partial charge is 0.471 e. The van der Waals surface area contributed by atoms with E-state index in [0.717, 1.165) is 10.7 Å². The van der Waals surface area contributed by atoms with Crippen molar-refractivity contribution in [3.8, 4) is 5.88 Å². The molecule has 33 heavy (non-hydrogen) atoms. The third-order valence-corrected chi connectivity index (χ3v) is 4.48. The van der Waals surface area contributed by atoms with Gasteiger partial charge in [-0.05, 0) is 31.5 Å². The Morgan fingerprint density at radius 1 is 1.12 bits per heavy atom. The number of amides is 2. The topological polar surface area (TPSA) is 98.1 Å². The van der Waals surface area contributed by atoms with E-state index in [2.05, 4.69) is 25.5 Å². The van der Waals surface area contributed by atoms with Crippen molar-refractivity contribution in [2.75, 3.05) is 11.9 Å². The Balaban J connectivity index is 2.10. The number of hydrogen-bond donors (Lipinski definition) is 2. The highest BCUT2D eigenvalue weighted by Crippen LogP contribution is 2.35. The molecular weight excluding hydrogens is 453 g/mol. The number of carbonyl (C=O) groups is 2. The van der Waals surface area contributed by atoms with E-state index < -0.39 is 36.5 Å². The number of ether oxygens (including phenoxy) is 1. The van der Waals surface area contributed by atoms with Crippen molar-refractivity contribution >= 4 is 17.6 Å². The van der Waals surface area contributed by atoms with E-state index in [1.807, 2.05) is 0 Å². The maximum atomic E-state index is 13.1. The van der Waals surface area contributed by atoms with Gasteiger partial charge in [0.2, 0.25) is 11.8 Å². The van der Waals surface area contributed by atoms with Crippen LogP contribution in [0.25, 0.3) is 0 Å². The maximum Gasteiger partial charge on any atom is 0.456 e. The van der Waals surface area contributed by atoms with Crippen LogP contribution in [0.2, 0.25) is 0 Å². The number of pyridine rings is 1. The Morgan fingerprint density at radius 3 is 2.33 bits per heavy atom. The first-order valence-corrected chi connectivity index (χ1v) is 9.82. The number of aryl methyl sites for hydroxylation is 2. The molecule has 0 spiro atoms. The highest BCUT2D eigenvalue weighted by Gasteiger charge is 2.58. The van der Waals surface area contributed by atoms with Crippen molar-refractivity contribution in [3.63, 3.8) is 0 Å². The molecule has 0 saturated carbocycles. The van der Waals surface area contributed by atoms with Crippen LogP contribution in [0.3, 0.4) is 0 Å². The lowest BCUT2D eigenvalue weighted by Gasteiger charge is -2.19. The van der Waals surface area contributed by atoms with Crippen LogP contribution in [0.1, 0.15) is 48.6 Å². The summed E-state index contributed by atoms with van der Waals surface area (Å²) >= 11 is 0. The standard InChI is InChI=1S/C20H24F5N5O3/c1-10(2)17(31)28-15-7-13(6-11(3)26-15)12(4)27-18(32)14-8-16(30(5)29-14)33-9-19(21,22)20(23,24)25/h6-8,10,12H,9H2,1-5H3,(H,27,32)(H,26,28,31). The zero-order chi connectivity index (χ0) is 25.1. The number of rotatable bonds is 8. The van der Waals surface area contributed by atoms with Crippen LogP contribution in [0, 0.1) is 12.8 Å². The lowest BCUT2D eigenvalue weighted by Crippen LogP contribution is -2.42. The number of hydrogen-bond acceptors (Lipinski definition) is 5. The molecule has 13 heteroatoms. The zero-order valence-corrected chi connectivity index (χ0v) is 18.6. The number of halogens is 5. The molecule has 2 amide bonds. The minimum atomic E-state index is -5.77. The number of carbonyl (C=O) groups excluding carboxylic acids is 2. The first kappa shape index (κ1) is 26.0. The fourth-order valence-electron chi connectivity index (χ4n) is 2.58. The summed E-state index contributed by atoms with van der Waals surface area (Å²) in [6.07, 6.45) is -5.77. The van der Waals surface area contributed by atoms with Crippen LogP contribution >= 0.6 is 0 Å². The Hall–Kier alpha value is -3.25. The Kier molecular flexibility index (Phi) is 7.65. The third kappa shape index (κ3) is 6.62. The molecule has 0 aromatic carbocycles. The van der Waals surface area contributed by atoms with Gasteiger partial charge in [0, 0.05) is 24.7 Å². The first-order valence-electron chi connectivity index (χ1n) is 9.82. The van der Waals surface area contributed by atoms with E-state index >= 15 is 0 Å². The molecule has 1 unspecified atom stereocenters. The van der Waals surface area contributed by atoms with Crippen LogP contribution in [-0.4, -0.2) is 45.3 Å². The minimum Gasteiger partial charge on any atom is -0.471 e. The van der Waals surface area contributed by atoms with E-state index in [4.69, 9.17) is 0 Å². The highest BCUT2D eigenvalue weighted by molar-refractivity contribution is 5.93. The van der Waals surface area contributed by atoms with Gasteiger partial charge < -0.3 is 15.4 Å². The van der Waals surface area contributed by atoms with E-state index in [1.165, 1.54) is 7.05 Å². The molecule has 182 valence electrons. The maximum absolute atomic E-state index is 13.1. The van der Waals surface area contributed by atoms with Crippen LogP contribution in [-0.2, 0) is 11.8 Å². The lowest BCUT2D eigenvalue weighted by atomic mass is 10.1. The van der Waals surface area contributed by atoms with Gasteiger partial charge in [-0.2, -0.15) is 27.1 Å². The summed E-state index contributed by atoms with van der Waals surface area (Å²) in [6.45, 7) is 4.87. The van der Waals surface area contributed by atoms with Gasteiger partial charge in [0.1, 0.15) is 5.82 Å². The van der Waals surface area contributed by atoms with Gasteiger partial charge >= 0.3 is 12.1 Å². The van der Waals surface area contributed by atoms with Crippen molar-refractivity contribution in [2.45, 2.75) is 45.8 Å². The van der Waals surface area contributed by atoms with Gasteiger partial charge in [0.15, 0.2) is 12.3 Å². The van der Waals surface area contributed by atoms with Gasteiger partial charge in [0.25, 0.3) is 5.91 Å². The van der Waals surface area contributed by atoms with Gasteiger partial charge in [-0.15, -0.1) is 0 Å². The molecular formula is C20H24F5N5O3. The number of anilines is 1. The van der Waals surface area contributed by atoms with Gasteiger partial charge in [-0.3, -0.25) is 9.59 Å². The Bertz CT molecular complexity index is 1020. The molecule has 8 nitrogen and oxygen atoms in total. The molecule has 2 aromatic heterocycles. The first-order chi connectivity index (χ1) is 15.1. The number of aromatic nitrogens is 3. The summed E-state index contributed by atoms with van der Waals surface area (Å²) in [5.41, 5.74) is 0.965. The van der Waals surface area contributed by atoms with Crippen LogP contribution in [0.4, 0.5) is 27.8 Å². The second-order valence-electron chi connectivity index (χ2n) is 7.75. The van der Waals surface area contributed by atoms with E-state index in [0.29, 0.717) is 17.1 Å². The molecule has 0 fully saturated rings. The van der Waals surface area contributed by atoms with Gasteiger partial charge in [-0.25, -0.2) is 9.67 Å². The molecule has 0 aliphatic carbocycles. The van der Waals surface area contributed by atoms with Gasteiger partial charge in [-0.1, -0.05) is 13.8 Å². The molecule has 0 aliphatic rings. The molecule has 2 N–H and O–H groups in total. The van der Waals surface area contributed by atoms with Crippen LogP contribution in [0.5, 0.6) is 5.88 Å². The summed E-state index contributed by atoms with van der Waals surface area (Å²) in [5.74, 6) is -6.38. The fourth-order valence-corrected chi connectivity index (χ4v) is 2.58. The minimum absolute atomic E-state index is 0.229. The summed E-state index contributed by atoms with van der Waals surface area (Å²) in [6, 6.07) is 3.67. The van der Waals surface area contributed by atoms with E-state index in [9.17, 15) is 31.5 Å². The van der Waals surface area contributed by atoms with Crippen molar-refractivity contribution < 1.29 is 36.3 Å². The summed E-state index contributed by atoms with van der Waals surface area (Å²) < 4.78 is 68.4. The van der Waals surface area contributed by atoms with Crippen molar-refractivity contribution in [3.05, 3.63) is 35.2 Å². The monoisotopic (exact) mass is 477 g/mol. The SMILES string of the molecule is Cc1cc(C(C)NC(=O)c2cc(OCC(F)(F)C(F)(F)F)n(C)n2)cc(NC(=O)C(C)C)n1. The zero-order valence-electron chi connectivity index (χ0n) is 18.6. The highest BCUT2D eigenvalue weighted by atomic mass is 19.4. The average molecular weight is 477 g/mol. The second-order valence-corrected chi connectivity index (χ2v) is 7.75. The number of alkyl halides is 5. The summed E-state index contributed by atoms with van der Waals surface area (Å²) in [4.78, 5) is 28.7. The summed E-state index contributed by atoms with van der Waals surface area (Å²) in [5, 5.41) is 9.11. The predicted octanol–water partition coefficient (Wildman–Crippen LogP) is 3.79. The second kappa shape index (κ2) is 9.71. The normalized spacial score (nSPS) is 13.1. The van der Waals surface area contributed by atoms with E-state index in [1.54, 1.807) is 39.8 Å². The lowest BCUT2D eigenvalue weighted by molar-refractivity contribution is -0.290. The number of nitrogens with zero attached hydrogens (tertiary/aromatic N) is 3.